The zero-order valence-electron chi connectivity index (χ0n) is 10.4. The molecule has 0 amide bonds. The zero-order valence-corrected chi connectivity index (χ0v) is 12.7. The van der Waals surface area contributed by atoms with Crippen LogP contribution in [0.4, 0.5) is 4.39 Å². The van der Waals surface area contributed by atoms with Crippen molar-refractivity contribution in [3.8, 4) is 0 Å². The van der Waals surface area contributed by atoms with Crippen LogP contribution in [0.15, 0.2) is 17.0 Å². The van der Waals surface area contributed by atoms with Crippen molar-refractivity contribution >= 4 is 33.2 Å². The first-order chi connectivity index (χ1) is 8.87. The number of hydrogen-bond acceptors (Lipinski definition) is 2. The van der Waals surface area contributed by atoms with E-state index in [-0.39, 0.29) is 27.4 Å². The van der Waals surface area contributed by atoms with Crippen LogP contribution in [0.25, 0.3) is 0 Å². The summed E-state index contributed by atoms with van der Waals surface area (Å²) < 4.78 is 40.0. The molecule has 1 aliphatic heterocycles. The number of hydrogen-bond donors (Lipinski definition) is 0. The van der Waals surface area contributed by atoms with Crippen LogP contribution in [0.5, 0.6) is 0 Å². The summed E-state index contributed by atoms with van der Waals surface area (Å²) in [5.74, 6) is -0.792. The lowest BCUT2D eigenvalue weighted by atomic mass is 10.2. The van der Waals surface area contributed by atoms with Crippen LogP contribution in [-0.2, 0) is 15.9 Å². The molecule has 1 fully saturated rings. The highest BCUT2D eigenvalue weighted by atomic mass is 35.5. The molecule has 0 aliphatic carbocycles. The third kappa shape index (κ3) is 2.75. The molecule has 7 heteroatoms. The normalized spacial score (nSPS) is 20.9. The predicted octanol–water partition coefficient (Wildman–Crippen LogP) is 3.39. The Labute approximate surface area is 122 Å². The van der Waals surface area contributed by atoms with Crippen molar-refractivity contribution in [2.24, 2.45) is 0 Å². The molecule has 0 spiro atoms. The Morgan fingerprint density at radius 2 is 2.16 bits per heavy atom. The summed E-state index contributed by atoms with van der Waals surface area (Å²) in [5, 5.41) is -0.122. The zero-order chi connectivity index (χ0) is 14.2. The number of rotatable bonds is 3. The summed E-state index contributed by atoms with van der Waals surface area (Å²) in [6.45, 7) is 2.31. The van der Waals surface area contributed by atoms with Crippen LogP contribution in [0.2, 0.25) is 5.02 Å². The second-order valence-electron chi connectivity index (χ2n) is 4.62. The molecule has 1 heterocycles. The van der Waals surface area contributed by atoms with Crippen LogP contribution >= 0.6 is 23.2 Å². The van der Waals surface area contributed by atoms with E-state index in [2.05, 4.69) is 0 Å². The standard InChI is InChI=1S/C12H14Cl2FNO2S/c1-8-3-2-4-16(8)19(17,18)10-5-9(7-13)12(14)11(15)6-10/h5-6,8H,2-4,7H2,1H3. The van der Waals surface area contributed by atoms with E-state index in [4.69, 9.17) is 23.2 Å². The number of alkyl halides is 1. The van der Waals surface area contributed by atoms with E-state index in [1.165, 1.54) is 10.4 Å². The van der Waals surface area contributed by atoms with Gasteiger partial charge in [-0.3, -0.25) is 0 Å². The molecule has 1 aromatic carbocycles. The summed E-state index contributed by atoms with van der Waals surface area (Å²) in [6.07, 6.45) is 1.64. The average Bonchev–Trinajstić information content (AvgIpc) is 2.79. The molecule has 106 valence electrons. The lowest BCUT2D eigenvalue weighted by Gasteiger charge is -2.21. The van der Waals surface area contributed by atoms with Crippen LogP contribution in [0.1, 0.15) is 25.3 Å². The highest BCUT2D eigenvalue weighted by molar-refractivity contribution is 7.89. The molecule has 3 nitrogen and oxygen atoms in total. The van der Waals surface area contributed by atoms with Gasteiger partial charge >= 0.3 is 0 Å². The van der Waals surface area contributed by atoms with Gasteiger partial charge in [0, 0.05) is 18.5 Å². The Bertz CT molecular complexity index is 592. The molecule has 0 saturated carbocycles. The highest BCUT2D eigenvalue weighted by Gasteiger charge is 2.33. The van der Waals surface area contributed by atoms with Crippen LogP contribution in [-0.4, -0.2) is 25.3 Å². The van der Waals surface area contributed by atoms with Crippen molar-refractivity contribution in [3.05, 3.63) is 28.5 Å². The van der Waals surface area contributed by atoms with E-state index in [1.807, 2.05) is 6.92 Å². The smallest absolute Gasteiger partial charge is 0.207 e. The molecular formula is C12H14Cl2FNO2S. The highest BCUT2D eigenvalue weighted by Crippen LogP contribution is 2.30. The maximum absolute atomic E-state index is 13.7. The van der Waals surface area contributed by atoms with E-state index in [0.717, 1.165) is 18.9 Å². The van der Waals surface area contributed by atoms with E-state index < -0.39 is 15.8 Å². The second kappa shape index (κ2) is 5.56. The molecule has 0 N–H and O–H groups in total. The van der Waals surface area contributed by atoms with Gasteiger partial charge in [-0.1, -0.05) is 11.6 Å². The lowest BCUT2D eigenvalue weighted by molar-refractivity contribution is 0.408. The van der Waals surface area contributed by atoms with Crippen LogP contribution < -0.4 is 0 Å². The minimum Gasteiger partial charge on any atom is -0.207 e. The van der Waals surface area contributed by atoms with Gasteiger partial charge in [0.1, 0.15) is 5.82 Å². The third-order valence-corrected chi connectivity index (χ3v) is 6.02. The van der Waals surface area contributed by atoms with Crippen molar-refractivity contribution < 1.29 is 12.8 Å². The maximum Gasteiger partial charge on any atom is 0.243 e. The average molecular weight is 326 g/mol. The van der Waals surface area contributed by atoms with Gasteiger partial charge in [-0.25, -0.2) is 12.8 Å². The second-order valence-corrected chi connectivity index (χ2v) is 7.15. The Kier molecular flexibility index (Phi) is 4.40. The number of halogens is 3. The number of benzene rings is 1. The first-order valence-corrected chi connectivity index (χ1v) is 8.29. The fourth-order valence-corrected chi connectivity index (χ4v) is 4.48. The number of nitrogens with zero attached hydrogens (tertiary/aromatic N) is 1. The molecule has 1 atom stereocenters. The molecule has 1 saturated heterocycles. The summed E-state index contributed by atoms with van der Waals surface area (Å²) in [5.41, 5.74) is 0.286. The third-order valence-electron chi connectivity index (χ3n) is 3.32. The molecule has 2 rings (SSSR count). The van der Waals surface area contributed by atoms with Gasteiger partial charge in [0.15, 0.2) is 0 Å². The van der Waals surface area contributed by atoms with Gasteiger partial charge in [0.2, 0.25) is 10.0 Å². The summed E-state index contributed by atoms with van der Waals surface area (Å²) >= 11 is 11.4. The first kappa shape index (κ1) is 15.0. The van der Waals surface area contributed by atoms with Crippen molar-refractivity contribution in [2.75, 3.05) is 6.54 Å². The minimum absolute atomic E-state index is 0.0331. The molecular weight excluding hydrogens is 312 g/mol. The first-order valence-electron chi connectivity index (χ1n) is 5.93. The maximum atomic E-state index is 13.7. The largest absolute Gasteiger partial charge is 0.243 e. The number of sulfonamides is 1. The predicted molar refractivity (Wildman–Crippen MR) is 73.6 cm³/mol. The Balaban J connectivity index is 2.49. The van der Waals surface area contributed by atoms with E-state index in [9.17, 15) is 12.8 Å². The van der Waals surface area contributed by atoms with Crippen molar-refractivity contribution in [2.45, 2.75) is 36.6 Å². The van der Waals surface area contributed by atoms with E-state index in [0.29, 0.717) is 6.54 Å². The molecule has 0 aromatic heterocycles. The molecule has 19 heavy (non-hydrogen) atoms. The summed E-state index contributed by atoms with van der Waals surface area (Å²) in [7, 11) is -3.68. The van der Waals surface area contributed by atoms with Gasteiger partial charge in [0.25, 0.3) is 0 Å². The molecule has 1 unspecified atom stereocenters. The van der Waals surface area contributed by atoms with Gasteiger partial charge in [0.05, 0.1) is 9.92 Å². The van der Waals surface area contributed by atoms with E-state index >= 15 is 0 Å². The van der Waals surface area contributed by atoms with Gasteiger partial charge in [-0.15, -0.1) is 11.6 Å². The fraction of sp³-hybridized carbons (Fsp3) is 0.500. The van der Waals surface area contributed by atoms with E-state index in [1.54, 1.807) is 0 Å². The lowest BCUT2D eigenvalue weighted by Crippen LogP contribution is -2.33. The van der Waals surface area contributed by atoms with Crippen molar-refractivity contribution in [3.63, 3.8) is 0 Å². The fourth-order valence-electron chi connectivity index (χ4n) is 2.26. The summed E-state index contributed by atoms with van der Waals surface area (Å²) in [6, 6.07) is 2.24. The Morgan fingerprint density at radius 3 is 2.68 bits per heavy atom. The van der Waals surface area contributed by atoms with Crippen molar-refractivity contribution in [1.29, 1.82) is 0 Å². The van der Waals surface area contributed by atoms with Crippen LogP contribution in [0, 0.1) is 5.82 Å². The quantitative estimate of drug-likeness (QED) is 0.799. The Hall–Kier alpha value is -0.360. The summed E-state index contributed by atoms with van der Waals surface area (Å²) in [4.78, 5) is -0.0844. The van der Waals surface area contributed by atoms with Gasteiger partial charge in [-0.05, 0) is 37.5 Å². The minimum atomic E-state index is -3.68. The molecule has 0 bridgehead atoms. The Morgan fingerprint density at radius 1 is 1.47 bits per heavy atom. The van der Waals surface area contributed by atoms with Gasteiger partial charge < -0.3 is 0 Å². The monoisotopic (exact) mass is 325 g/mol. The molecule has 1 aliphatic rings. The SMILES string of the molecule is CC1CCCN1S(=O)(=O)c1cc(F)c(Cl)c(CCl)c1. The molecule has 0 radical (unpaired) electrons. The molecule has 1 aromatic rings. The van der Waals surface area contributed by atoms with Crippen molar-refractivity contribution in [1.82, 2.24) is 4.31 Å². The van der Waals surface area contributed by atoms with Gasteiger partial charge in [-0.2, -0.15) is 4.31 Å². The van der Waals surface area contributed by atoms with Crippen LogP contribution in [0.3, 0.4) is 0 Å². The topological polar surface area (TPSA) is 37.4 Å².